The third kappa shape index (κ3) is 6.96. The van der Waals surface area contributed by atoms with E-state index in [1.807, 2.05) is 6.20 Å². The fourth-order valence-electron chi connectivity index (χ4n) is 2.70. The van der Waals surface area contributed by atoms with Crippen molar-refractivity contribution < 1.29 is 0 Å². The van der Waals surface area contributed by atoms with Gasteiger partial charge >= 0.3 is 0 Å². The van der Waals surface area contributed by atoms with E-state index in [0.717, 1.165) is 55.8 Å². The van der Waals surface area contributed by atoms with E-state index in [4.69, 9.17) is 0 Å². The molecule has 0 aliphatic heterocycles. The molecule has 0 amide bonds. The fourth-order valence-corrected chi connectivity index (χ4v) is 2.70. The number of anilines is 1. The number of pyridine rings is 1. The lowest BCUT2D eigenvalue weighted by Gasteiger charge is -2.19. The molecule has 0 saturated carbocycles. The van der Waals surface area contributed by atoms with Gasteiger partial charge in [0.1, 0.15) is 18.0 Å². The molecule has 0 fully saturated rings. The average Bonchev–Trinajstić information content (AvgIpc) is 3.14. The number of aliphatic imine (C=N–C) groups is 1. The monoisotopic (exact) mass is 486 g/mol. The van der Waals surface area contributed by atoms with E-state index in [1.54, 1.807) is 13.4 Å². The van der Waals surface area contributed by atoms with Crippen molar-refractivity contribution in [3.8, 4) is 0 Å². The Morgan fingerprint density at radius 3 is 2.56 bits per heavy atom. The zero-order valence-corrected chi connectivity index (χ0v) is 19.0. The molecule has 0 unspecified atom stereocenters. The van der Waals surface area contributed by atoms with Gasteiger partial charge in [-0.1, -0.05) is 13.0 Å². The van der Waals surface area contributed by atoms with Gasteiger partial charge in [0.25, 0.3) is 0 Å². The second-order valence-electron chi connectivity index (χ2n) is 5.84. The molecule has 27 heavy (non-hydrogen) atoms. The molecule has 2 aromatic rings. The summed E-state index contributed by atoms with van der Waals surface area (Å²) >= 11 is 0. The summed E-state index contributed by atoms with van der Waals surface area (Å²) in [5, 5.41) is 14.7. The van der Waals surface area contributed by atoms with Crippen molar-refractivity contribution >= 4 is 35.8 Å². The second kappa shape index (κ2) is 12.5. The van der Waals surface area contributed by atoms with Crippen LogP contribution in [0.2, 0.25) is 0 Å². The van der Waals surface area contributed by atoms with Gasteiger partial charge in [0.15, 0.2) is 5.96 Å². The van der Waals surface area contributed by atoms with Crippen molar-refractivity contribution in [2.24, 2.45) is 4.99 Å². The van der Waals surface area contributed by atoms with Gasteiger partial charge in [-0.3, -0.25) is 4.99 Å². The quantitative estimate of drug-likeness (QED) is 0.321. The van der Waals surface area contributed by atoms with Crippen molar-refractivity contribution in [2.45, 2.75) is 40.3 Å². The SMILES string of the molecule is CCc1nncn1CCNC(=NC)NCc1ccc(N(CC)CC)nc1.I. The summed E-state index contributed by atoms with van der Waals surface area (Å²) in [5.74, 6) is 2.78. The second-order valence-corrected chi connectivity index (χ2v) is 5.84. The third-order valence-electron chi connectivity index (χ3n) is 4.24. The van der Waals surface area contributed by atoms with E-state index in [1.165, 1.54) is 0 Å². The zero-order valence-electron chi connectivity index (χ0n) is 16.6. The molecule has 0 aromatic carbocycles. The zero-order chi connectivity index (χ0) is 18.8. The van der Waals surface area contributed by atoms with Gasteiger partial charge in [-0.25, -0.2) is 4.98 Å². The first-order chi connectivity index (χ1) is 12.7. The number of nitrogens with one attached hydrogen (secondary N) is 2. The molecule has 9 heteroatoms. The summed E-state index contributed by atoms with van der Waals surface area (Å²) in [6.45, 7) is 10.5. The Labute approximate surface area is 178 Å². The average molecular weight is 486 g/mol. The number of hydrogen-bond donors (Lipinski definition) is 2. The maximum atomic E-state index is 4.55. The largest absolute Gasteiger partial charge is 0.357 e. The van der Waals surface area contributed by atoms with E-state index in [0.29, 0.717) is 6.54 Å². The molecule has 2 rings (SSSR count). The first kappa shape index (κ1) is 23.1. The molecule has 0 spiro atoms. The first-order valence-corrected chi connectivity index (χ1v) is 9.22. The van der Waals surface area contributed by atoms with E-state index in [9.17, 15) is 0 Å². The van der Waals surface area contributed by atoms with E-state index in [-0.39, 0.29) is 24.0 Å². The maximum absolute atomic E-state index is 4.55. The summed E-state index contributed by atoms with van der Waals surface area (Å²) in [5.41, 5.74) is 1.12. The molecular weight excluding hydrogens is 455 g/mol. The van der Waals surface area contributed by atoms with Crippen molar-refractivity contribution in [1.29, 1.82) is 0 Å². The predicted octanol–water partition coefficient (Wildman–Crippen LogP) is 2.06. The van der Waals surface area contributed by atoms with Crippen LogP contribution in [0.15, 0.2) is 29.6 Å². The van der Waals surface area contributed by atoms with Crippen LogP contribution >= 0.6 is 24.0 Å². The Morgan fingerprint density at radius 1 is 1.19 bits per heavy atom. The number of guanidine groups is 1. The van der Waals surface area contributed by atoms with Crippen LogP contribution in [0, 0.1) is 0 Å². The summed E-state index contributed by atoms with van der Waals surface area (Å²) in [7, 11) is 1.77. The van der Waals surface area contributed by atoms with Crippen molar-refractivity contribution in [2.75, 3.05) is 31.6 Å². The van der Waals surface area contributed by atoms with Crippen LogP contribution in [0.1, 0.15) is 32.2 Å². The summed E-state index contributed by atoms with van der Waals surface area (Å²) < 4.78 is 2.05. The predicted molar refractivity (Wildman–Crippen MR) is 121 cm³/mol. The van der Waals surface area contributed by atoms with E-state index in [2.05, 4.69) is 73.2 Å². The Hall–Kier alpha value is -1.91. The Bertz CT molecular complexity index is 679. The van der Waals surface area contributed by atoms with Crippen molar-refractivity contribution in [1.82, 2.24) is 30.4 Å². The highest BCUT2D eigenvalue weighted by Gasteiger charge is 2.05. The standard InChI is InChI=1S/C18H30N8.HI/c1-5-16-24-23-14-26(16)11-10-20-18(19-4)22-13-15-8-9-17(21-12-15)25(6-2)7-3;/h8-9,12,14H,5-7,10-11,13H2,1-4H3,(H2,19,20,22);1H. The topological polar surface area (TPSA) is 83.3 Å². The van der Waals surface area contributed by atoms with E-state index >= 15 is 0 Å². The maximum Gasteiger partial charge on any atom is 0.191 e. The van der Waals surface area contributed by atoms with Crippen LogP contribution in [0.4, 0.5) is 5.82 Å². The Morgan fingerprint density at radius 2 is 1.96 bits per heavy atom. The van der Waals surface area contributed by atoms with Crippen LogP contribution in [-0.4, -0.2) is 52.4 Å². The lowest BCUT2D eigenvalue weighted by Crippen LogP contribution is -2.38. The number of hydrogen-bond acceptors (Lipinski definition) is 5. The number of rotatable bonds is 9. The number of aryl methyl sites for hydroxylation is 1. The minimum Gasteiger partial charge on any atom is -0.357 e. The van der Waals surface area contributed by atoms with Crippen molar-refractivity contribution in [3.05, 3.63) is 36.0 Å². The Balaban J connectivity index is 0.00000364. The van der Waals surface area contributed by atoms with Crippen LogP contribution in [-0.2, 0) is 19.5 Å². The lowest BCUT2D eigenvalue weighted by atomic mass is 10.2. The first-order valence-electron chi connectivity index (χ1n) is 9.22. The van der Waals surface area contributed by atoms with Gasteiger partial charge in [0, 0.05) is 52.4 Å². The van der Waals surface area contributed by atoms with Gasteiger partial charge < -0.3 is 20.1 Å². The molecule has 0 aliphatic carbocycles. The van der Waals surface area contributed by atoms with Crippen molar-refractivity contribution in [3.63, 3.8) is 0 Å². The molecule has 0 bridgehead atoms. The number of halogens is 1. The molecule has 0 radical (unpaired) electrons. The summed E-state index contributed by atoms with van der Waals surface area (Å²) in [4.78, 5) is 11.0. The lowest BCUT2D eigenvalue weighted by molar-refractivity contribution is 0.632. The highest BCUT2D eigenvalue weighted by Crippen LogP contribution is 2.10. The van der Waals surface area contributed by atoms with Gasteiger partial charge in [-0.15, -0.1) is 34.2 Å². The van der Waals surface area contributed by atoms with Gasteiger partial charge in [0.2, 0.25) is 0 Å². The van der Waals surface area contributed by atoms with Crippen LogP contribution < -0.4 is 15.5 Å². The molecule has 150 valence electrons. The molecule has 2 heterocycles. The summed E-state index contributed by atoms with van der Waals surface area (Å²) in [6, 6.07) is 4.17. The Kier molecular flexibility index (Phi) is 10.7. The molecule has 0 saturated heterocycles. The van der Waals surface area contributed by atoms with Gasteiger partial charge in [0.05, 0.1) is 0 Å². The van der Waals surface area contributed by atoms with Crippen LogP contribution in [0.25, 0.3) is 0 Å². The normalized spacial score (nSPS) is 11.0. The van der Waals surface area contributed by atoms with E-state index < -0.39 is 0 Å². The molecular formula is C18H31IN8. The molecule has 0 atom stereocenters. The summed E-state index contributed by atoms with van der Waals surface area (Å²) in [6.07, 6.45) is 4.56. The number of nitrogens with zero attached hydrogens (tertiary/aromatic N) is 6. The minimum atomic E-state index is 0. The highest BCUT2D eigenvalue weighted by atomic mass is 127. The highest BCUT2D eigenvalue weighted by molar-refractivity contribution is 14.0. The molecule has 0 aliphatic rings. The van der Waals surface area contributed by atoms with Crippen LogP contribution in [0.3, 0.4) is 0 Å². The molecule has 8 nitrogen and oxygen atoms in total. The molecule has 2 aromatic heterocycles. The molecule has 2 N–H and O–H groups in total. The van der Waals surface area contributed by atoms with Gasteiger partial charge in [-0.05, 0) is 25.5 Å². The number of aromatic nitrogens is 4. The fraction of sp³-hybridized carbons (Fsp3) is 0.556. The van der Waals surface area contributed by atoms with Gasteiger partial charge in [-0.2, -0.15) is 0 Å². The smallest absolute Gasteiger partial charge is 0.191 e. The third-order valence-corrected chi connectivity index (χ3v) is 4.24. The van der Waals surface area contributed by atoms with Crippen LogP contribution in [0.5, 0.6) is 0 Å². The minimum absolute atomic E-state index is 0.